The largest absolute Gasteiger partial charge is 0.396 e. The lowest BCUT2D eigenvalue weighted by Gasteiger charge is -2.30. The molecule has 1 fully saturated rings. The maximum absolute atomic E-state index is 12.3. The van der Waals surface area contributed by atoms with Crippen LogP contribution in [0.2, 0.25) is 0 Å². The highest BCUT2D eigenvalue weighted by Gasteiger charge is 2.25. The summed E-state index contributed by atoms with van der Waals surface area (Å²) in [6, 6.07) is 8.45. The van der Waals surface area contributed by atoms with Crippen molar-refractivity contribution in [3.05, 3.63) is 36.0 Å². The van der Waals surface area contributed by atoms with Crippen LogP contribution in [0, 0.1) is 5.92 Å². The lowest BCUT2D eigenvalue weighted by Crippen LogP contribution is -2.43. The number of rotatable bonds is 5. The van der Waals surface area contributed by atoms with Crippen LogP contribution in [0.25, 0.3) is 10.9 Å². The number of para-hydroxylation sites is 1. The average Bonchev–Trinajstić information content (AvgIpc) is 2.90. The van der Waals surface area contributed by atoms with E-state index in [9.17, 15) is 9.90 Å². The van der Waals surface area contributed by atoms with Gasteiger partial charge in [0.2, 0.25) is 5.91 Å². The van der Waals surface area contributed by atoms with E-state index in [-0.39, 0.29) is 24.5 Å². The van der Waals surface area contributed by atoms with E-state index in [0.717, 1.165) is 32.1 Å². The molecule has 1 heterocycles. The van der Waals surface area contributed by atoms with Crippen LogP contribution in [0.4, 0.5) is 0 Å². The highest BCUT2D eigenvalue weighted by atomic mass is 16.3. The predicted octanol–water partition coefficient (Wildman–Crippen LogP) is 2.78. The van der Waals surface area contributed by atoms with E-state index >= 15 is 0 Å². The van der Waals surface area contributed by atoms with Gasteiger partial charge in [-0.3, -0.25) is 4.79 Å². The fraction of sp³-hybridized carbons (Fsp3) is 0.526. The number of aromatic nitrogens is 1. The summed E-state index contributed by atoms with van der Waals surface area (Å²) in [5.41, 5.74) is 2.43. The van der Waals surface area contributed by atoms with Crippen LogP contribution in [-0.4, -0.2) is 28.2 Å². The van der Waals surface area contributed by atoms with Crippen molar-refractivity contribution in [2.24, 2.45) is 13.0 Å². The number of aliphatic hydroxyl groups excluding tert-OH is 1. The Hall–Kier alpha value is -1.81. The van der Waals surface area contributed by atoms with Gasteiger partial charge < -0.3 is 15.0 Å². The van der Waals surface area contributed by atoms with Crippen LogP contribution >= 0.6 is 0 Å². The van der Waals surface area contributed by atoms with Gasteiger partial charge in [-0.1, -0.05) is 31.0 Å². The van der Waals surface area contributed by atoms with Crippen molar-refractivity contribution in [3.8, 4) is 0 Å². The van der Waals surface area contributed by atoms with Crippen molar-refractivity contribution >= 4 is 16.8 Å². The standard InChI is InChI=1S/C19H26N2O2/c1-21-12-14(16-7-3-5-9-18(16)21)10-11-19(23)20-17-8-4-2-6-15(17)13-22/h3,5,7,9,12,15,17,22H,2,4,6,8,10-11,13H2,1H3,(H,20,23). The van der Waals surface area contributed by atoms with E-state index < -0.39 is 0 Å². The second-order valence-corrected chi connectivity index (χ2v) is 6.68. The van der Waals surface area contributed by atoms with E-state index in [4.69, 9.17) is 0 Å². The van der Waals surface area contributed by atoms with E-state index in [0.29, 0.717) is 6.42 Å². The fourth-order valence-corrected chi connectivity index (χ4v) is 3.77. The average molecular weight is 314 g/mol. The smallest absolute Gasteiger partial charge is 0.220 e. The molecule has 1 aliphatic carbocycles. The lowest BCUT2D eigenvalue weighted by molar-refractivity contribution is -0.122. The fourth-order valence-electron chi connectivity index (χ4n) is 3.77. The van der Waals surface area contributed by atoms with Crippen LogP contribution in [0.15, 0.2) is 30.5 Å². The SMILES string of the molecule is Cn1cc(CCC(=O)NC2CCCCC2CO)c2ccccc21. The van der Waals surface area contributed by atoms with Crippen molar-refractivity contribution in [2.75, 3.05) is 6.61 Å². The Morgan fingerprint density at radius 3 is 2.91 bits per heavy atom. The number of hydrogen-bond acceptors (Lipinski definition) is 2. The first kappa shape index (κ1) is 16.1. The monoisotopic (exact) mass is 314 g/mol. The number of aryl methyl sites for hydroxylation is 2. The molecule has 4 nitrogen and oxygen atoms in total. The van der Waals surface area contributed by atoms with Gasteiger partial charge in [0, 0.05) is 49.1 Å². The van der Waals surface area contributed by atoms with Crippen molar-refractivity contribution in [2.45, 2.75) is 44.6 Å². The number of hydrogen-bond donors (Lipinski definition) is 2. The summed E-state index contributed by atoms with van der Waals surface area (Å²) >= 11 is 0. The maximum Gasteiger partial charge on any atom is 0.220 e. The number of benzene rings is 1. The second-order valence-electron chi connectivity index (χ2n) is 6.68. The van der Waals surface area contributed by atoms with E-state index in [1.54, 1.807) is 0 Å². The highest BCUT2D eigenvalue weighted by Crippen LogP contribution is 2.24. The number of nitrogens with one attached hydrogen (secondary N) is 1. The zero-order valence-electron chi connectivity index (χ0n) is 13.8. The molecular weight excluding hydrogens is 288 g/mol. The number of amides is 1. The molecule has 124 valence electrons. The molecule has 0 saturated heterocycles. The van der Waals surface area contributed by atoms with Gasteiger partial charge in [-0.15, -0.1) is 0 Å². The van der Waals surface area contributed by atoms with Crippen molar-refractivity contribution in [1.29, 1.82) is 0 Å². The Balaban J connectivity index is 1.60. The molecule has 0 bridgehead atoms. The van der Waals surface area contributed by atoms with Gasteiger partial charge in [-0.2, -0.15) is 0 Å². The van der Waals surface area contributed by atoms with Gasteiger partial charge in [0.25, 0.3) is 0 Å². The Kier molecular flexibility index (Phi) is 5.01. The summed E-state index contributed by atoms with van der Waals surface area (Å²) < 4.78 is 2.12. The summed E-state index contributed by atoms with van der Waals surface area (Å²) in [5, 5.41) is 13.8. The summed E-state index contributed by atoms with van der Waals surface area (Å²) in [6.07, 6.45) is 7.69. The Bertz CT molecular complexity index is 677. The summed E-state index contributed by atoms with van der Waals surface area (Å²) in [5.74, 6) is 0.327. The van der Waals surface area contributed by atoms with E-state index in [2.05, 4.69) is 28.2 Å². The van der Waals surface area contributed by atoms with Crippen LogP contribution in [-0.2, 0) is 18.3 Å². The summed E-state index contributed by atoms with van der Waals surface area (Å²) in [4.78, 5) is 12.3. The van der Waals surface area contributed by atoms with Crippen molar-refractivity contribution in [3.63, 3.8) is 0 Å². The quantitative estimate of drug-likeness (QED) is 0.891. The van der Waals surface area contributed by atoms with Gasteiger partial charge in [-0.25, -0.2) is 0 Å². The first-order valence-corrected chi connectivity index (χ1v) is 8.62. The lowest BCUT2D eigenvalue weighted by atomic mass is 9.85. The minimum absolute atomic E-state index is 0.100. The minimum atomic E-state index is 0.100. The number of carbonyl (C=O) groups is 1. The third-order valence-electron chi connectivity index (χ3n) is 5.09. The number of nitrogens with zero attached hydrogens (tertiary/aromatic N) is 1. The topological polar surface area (TPSA) is 54.3 Å². The predicted molar refractivity (Wildman–Crippen MR) is 92.2 cm³/mol. The molecule has 0 spiro atoms. The Morgan fingerprint density at radius 1 is 1.30 bits per heavy atom. The first-order chi connectivity index (χ1) is 11.2. The number of aliphatic hydroxyl groups is 1. The molecule has 23 heavy (non-hydrogen) atoms. The molecule has 1 aromatic carbocycles. The van der Waals surface area contributed by atoms with E-state index in [1.165, 1.54) is 16.5 Å². The minimum Gasteiger partial charge on any atom is -0.396 e. The maximum atomic E-state index is 12.3. The zero-order chi connectivity index (χ0) is 16.2. The molecule has 2 atom stereocenters. The summed E-state index contributed by atoms with van der Waals surface area (Å²) in [7, 11) is 2.04. The number of fused-ring (bicyclic) bond motifs is 1. The molecule has 0 radical (unpaired) electrons. The van der Waals surface area contributed by atoms with Crippen LogP contribution in [0.3, 0.4) is 0 Å². The van der Waals surface area contributed by atoms with Gasteiger partial charge in [0.15, 0.2) is 0 Å². The van der Waals surface area contributed by atoms with Crippen LogP contribution in [0.1, 0.15) is 37.7 Å². The molecule has 1 saturated carbocycles. The van der Waals surface area contributed by atoms with Gasteiger partial charge in [0.05, 0.1) is 0 Å². The third-order valence-corrected chi connectivity index (χ3v) is 5.09. The van der Waals surface area contributed by atoms with Gasteiger partial charge in [-0.05, 0) is 30.9 Å². The molecule has 2 aromatic rings. The number of carbonyl (C=O) groups excluding carboxylic acids is 1. The zero-order valence-corrected chi connectivity index (χ0v) is 13.8. The molecule has 1 amide bonds. The van der Waals surface area contributed by atoms with Crippen LogP contribution < -0.4 is 5.32 Å². The van der Waals surface area contributed by atoms with Crippen molar-refractivity contribution < 1.29 is 9.90 Å². The van der Waals surface area contributed by atoms with Crippen LogP contribution in [0.5, 0.6) is 0 Å². The molecule has 1 aliphatic rings. The normalized spacial score (nSPS) is 21.5. The molecule has 4 heteroatoms. The molecular formula is C19H26N2O2. The molecule has 0 aliphatic heterocycles. The van der Waals surface area contributed by atoms with Gasteiger partial charge >= 0.3 is 0 Å². The summed E-state index contributed by atoms with van der Waals surface area (Å²) in [6.45, 7) is 0.175. The molecule has 2 N–H and O–H groups in total. The Morgan fingerprint density at radius 2 is 2.09 bits per heavy atom. The van der Waals surface area contributed by atoms with E-state index in [1.807, 2.05) is 19.2 Å². The van der Waals surface area contributed by atoms with Gasteiger partial charge in [0.1, 0.15) is 0 Å². The first-order valence-electron chi connectivity index (χ1n) is 8.62. The molecule has 3 rings (SSSR count). The van der Waals surface area contributed by atoms with Crippen molar-refractivity contribution in [1.82, 2.24) is 9.88 Å². The molecule has 1 aromatic heterocycles. The highest BCUT2D eigenvalue weighted by molar-refractivity contribution is 5.85. The molecule has 2 unspecified atom stereocenters. The third kappa shape index (κ3) is 3.58. The Labute approximate surface area is 137 Å². The second kappa shape index (κ2) is 7.18.